The van der Waals surface area contributed by atoms with E-state index in [2.05, 4.69) is 37.9 Å². The summed E-state index contributed by atoms with van der Waals surface area (Å²) in [6, 6.07) is 8.30. The zero-order valence-corrected chi connectivity index (χ0v) is 16.6. The van der Waals surface area contributed by atoms with Crippen molar-refractivity contribution in [2.75, 3.05) is 32.5 Å². The Hall–Kier alpha value is -2.13. The molecule has 1 aromatic heterocycles. The van der Waals surface area contributed by atoms with Gasteiger partial charge in [0.1, 0.15) is 5.75 Å². The van der Waals surface area contributed by atoms with Crippen LogP contribution >= 0.6 is 11.8 Å². The van der Waals surface area contributed by atoms with Crippen molar-refractivity contribution < 1.29 is 9.53 Å². The molecule has 1 N–H and O–H groups in total. The van der Waals surface area contributed by atoms with Crippen molar-refractivity contribution in [3.63, 3.8) is 0 Å². The molecule has 1 aromatic carbocycles. The van der Waals surface area contributed by atoms with Crippen LogP contribution < -0.4 is 10.1 Å². The van der Waals surface area contributed by atoms with E-state index in [1.807, 2.05) is 12.1 Å². The van der Waals surface area contributed by atoms with E-state index in [4.69, 9.17) is 4.74 Å². The Kier molecular flexibility index (Phi) is 7.05. The summed E-state index contributed by atoms with van der Waals surface area (Å²) in [6.07, 6.45) is 3.69. The van der Waals surface area contributed by atoms with Crippen LogP contribution in [0.15, 0.2) is 29.4 Å². The predicted molar refractivity (Wildman–Crippen MR) is 104 cm³/mol. The van der Waals surface area contributed by atoms with Crippen molar-refractivity contribution in [1.82, 2.24) is 30.4 Å². The van der Waals surface area contributed by atoms with E-state index >= 15 is 0 Å². The fraction of sp³-hybridized carbons (Fsp3) is 0.556. The van der Waals surface area contributed by atoms with Crippen LogP contribution in [-0.2, 0) is 11.8 Å². The number of thioether (sulfide) groups is 1. The molecule has 2 aromatic rings. The number of hydrogen-bond acceptors (Lipinski definition) is 7. The maximum absolute atomic E-state index is 12.3. The second kappa shape index (κ2) is 9.70. The van der Waals surface area contributed by atoms with Gasteiger partial charge in [0.25, 0.3) is 0 Å². The molecule has 0 spiro atoms. The third-order valence-electron chi connectivity index (χ3n) is 4.74. The second-order valence-electron chi connectivity index (χ2n) is 6.56. The number of tetrazole rings is 1. The standard InChI is InChI=1S/C18H26N6O2S/c1-23-18(20-21-22-23)27-13-17(25)19-12-16(24-10-4-3-5-11-24)14-6-8-15(26-2)9-7-14/h6-9,16H,3-5,10-13H2,1-2H3,(H,19,25)/t16-/m0/s1. The van der Waals surface area contributed by atoms with Gasteiger partial charge in [-0.2, -0.15) is 0 Å². The van der Waals surface area contributed by atoms with Gasteiger partial charge in [-0.15, -0.1) is 5.10 Å². The number of nitrogens with one attached hydrogen (secondary N) is 1. The van der Waals surface area contributed by atoms with E-state index in [1.54, 1.807) is 18.8 Å². The number of aryl methyl sites for hydroxylation is 1. The van der Waals surface area contributed by atoms with E-state index in [0.717, 1.165) is 18.8 Å². The van der Waals surface area contributed by atoms with Gasteiger partial charge in [-0.25, -0.2) is 4.68 Å². The summed E-state index contributed by atoms with van der Waals surface area (Å²) in [7, 11) is 3.43. The first kappa shape index (κ1) is 19.6. The number of methoxy groups -OCH3 is 1. The molecule has 1 amide bonds. The maximum Gasteiger partial charge on any atom is 0.230 e. The monoisotopic (exact) mass is 390 g/mol. The SMILES string of the molecule is COc1ccc([C@H](CNC(=O)CSc2nnnn2C)N2CCCCC2)cc1. The Morgan fingerprint density at radius 2 is 2.00 bits per heavy atom. The first-order valence-electron chi connectivity index (χ1n) is 9.17. The zero-order chi connectivity index (χ0) is 19.1. The lowest BCUT2D eigenvalue weighted by atomic mass is 10.0. The molecule has 8 nitrogen and oxygen atoms in total. The first-order valence-corrected chi connectivity index (χ1v) is 10.2. The van der Waals surface area contributed by atoms with Crippen LogP contribution in [0.25, 0.3) is 0 Å². The van der Waals surface area contributed by atoms with Crippen LogP contribution in [-0.4, -0.2) is 63.5 Å². The molecule has 3 rings (SSSR count). The largest absolute Gasteiger partial charge is 0.497 e. The number of hydrogen-bond donors (Lipinski definition) is 1. The summed E-state index contributed by atoms with van der Waals surface area (Å²) < 4.78 is 6.83. The molecule has 1 aliphatic heterocycles. The number of benzene rings is 1. The molecule has 2 heterocycles. The van der Waals surface area contributed by atoms with Gasteiger partial charge in [0, 0.05) is 13.6 Å². The number of aromatic nitrogens is 4. The highest BCUT2D eigenvalue weighted by Gasteiger charge is 2.23. The number of likely N-dealkylation sites (tertiary alicyclic amines) is 1. The van der Waals surface area contributed by atoms with Gasteiger partial charge < -0.3 is 10.1 Å². The van der Waals surface area contributed by atoms with Crippen molar-refractivity contribution in [3.8, 4) is 5.75 Å². The molecule has 1 fully saturated rings. The third-order valence-corrected chi connectivity index (χ3v) is 5.75. The second-order valence-corrected chi connectivity index (χ2v) is 7.51. The number of rotatable bonds is 8. The summed E-state index contributed by atoms with van der Waals surface area (Å²) in [4.78, 5) is 14.8. The van der Waals surface area contributed by atoms with Gasteiger partial charge in [0.2, 0.25) is 11.1 Å². The summed E-state index contributed by atoms with van der Waals surface area (Å²) in [5.74, 6) is 1.12. The molecule has 0 radical (unpaired) electrons. The molecule has 0 aliphatic carbocycles. The molecular weight excluding hydrogens is 364 g/mol. The first-order chi connectivity index (χ1) is 13.2. The maximum atomic E-state index is 12.3. The Bertz CT molecular complexity index is 730. The van der Waals surface area contributed by atoms with Crippen molar-refractivity contribution >= 4 is 17.7 Å². The van der Waals surface area contributed by atoms with Crippen LogP contribution in [0.2, 0.25) is 0 Å². The van der Waals surface area contributed by atoms with Crippen molar-refractivity contribution in [2.45, 2.75) is 30.5 Å². The minimum atomic E-state index is -0.0153. The molecule has 0 unspecified atom stereocenters. The number of amides is 1. The minimum absolute atomic E-state index is 0.0153. The van der Waals surface area contributed by atoms with Crippen molar-refractivity contribution in [3.05, 3.63) is 29.8 Å². The summed E-state index contributed by atoms with van der Waals surface area (Å²) in [6.45, 7) is 2.71. The highest BCUT2D eigenvalue weighted by Crippen LogP contribution is 2.26. The molecule has 27 heavy (non-hydrogen) atoms. The Balaban J connectivity index is 1.60. The average Bonchev–Trinajstić information content (AvgIpc) is 3.12. The predicted octanol–water partition coefficient (Wildman–Crippen LogP) is 1.65. The molecule has 0 saturated carbocycles. The number of carbonyl (C=O) groups excluding carboxylic acids is 1. The topological polar surface area (TPSA) is 85.2 Å². The molecule has 1 saturated heterocycles. The fourth-order valence-corrected chi connectivity index (χ4v) is 3.93. The minimum Gasteiger partial charge on any atom is -0.497 e. The van der Waals surface area contributed by atoms with Gasteiger partial charge >= 0.3 is 0 Å². The summed E-state index contributed by atoms with van der Waals surface area (Å²) >= 11 is 1.33. The van der Waals surface area contributed by atoms with E-state index in [0.29, 0.717) is 17.5 Å². The summed E-state index contributed by atoms with van der Waals surface area (Å²) in [5.41, 5.74) is 1.20. The summed E-state index contributed by atoms with van der Waals surface area (Å²) in [5, 5.41) is 14.9. The quantitative estimate of drug-likeness (QED) is 0.686. The van der Waals surface area contributed by atoms with Crippen LogP contribution in [0.1, 0.15) is 30.9 Å². The molecule has 1 aliphatic rings. The molecule has 1 atom stereocenters. The normalized spacial score (nSPS) is 16.1. The molecule has 9 heteroatoms. The Morgan fingerprint density at radius 3 is 2.63 bits per heavy atom. The Labute approximate surface area is 163 Å². The molecular formula is C18H26N6O2S. The highest BCUT2D eigenvalue weighted by atomic mass is 32.2. The highest BCUT2D eigenvalue weighted by molar-refractivity contribution is 7.99. The number of nitrogens with zero attached hydrogens (tertiary/aromatic N) is 5. The van der Waals surface area contributed by atoms with Gasteiger partial charge in [-0.05, 0) is 54.1 Å². The van der Waals surface area contributed by atoms with E-state index in [9.17, 15) is 4.79 Å². The fourth-order valence-electron chi connectivity index (χ4n) is 3.25. The van der Waals surface area contributed by atoms with Gasteiger partial charge in [0.05, 0.1) is 18.9 Å². The molecule has 146 valence electrons. The van der Waals surface area contributed by atoms with E-state index in [-0.39, 0.29) is 11.9 Å². The van der Waals surface area contributed by atoms with Crippen LogP contribution in [0.3, 0.4) is 0 Å². The zero-order valence-electron chi connectivity index (χ0n) is 15.8. The average molecular weight is 391 g/mol. The van der Waals surface area contributed by atoms with Crippen LogP contribution in [0.5, 0.6) is 5.75 Å². The smallest absolute Gasteiger partial charge is 0.230 e. The third kappa shape index (κ3) is 5.43. The van der Waals surface area contributed by atoms with Crippen molar-refractivity contribution in [2.24, 2.45) is 7.05 Å². The Morgan fingerprint density at radius 1 is 1.26 bits per heavy atom. The van der Waals surface area contributed by atoms with Crippen molar-refractivity contribution in [1.29, 1.82) is 0 Å². The number of ether oxygens (including phenoxy) is 1. The molecule has 0 bridgehead atoms. The lowest BCUT2D eigenvalue weighted by Gasteiger charge is -2.35. The van der Waals surface area contributed by atoms with Gasteiger partial charge in [0.15, 0.2) is 0 Å². The van der Waals surface area contributed by atoms with E-state index < -0.39 is 0 Å². The lowest BCUT2D eigenvalue weighted by molar-refractivity contribution is -0.118. The number of piperidine rings is 1. The lowest BCUT2D eigenvalue weighted by Crippen LogP contribution is -2.41. The number of carbonyl (C=O) groups is 1. The van der Waals surface area contributed by atoms with Gasteiger partial charge in [-0.1, -0.05) is 30.3 Å². The van der Waals surface area contributed by atoms with Gasteiger partial charge in [-0.3, -0.25) is 9.69 Å². The van der Waals surface area contributed by atoms with E-state index in [1.165, 1.54) is 36.6 Å². The van der Waals surface area contributed by atoms with Crippen LogP contribution in [0.4, 0.5) is 0 Å². The van der Waals surface area contributed by atoms with Crippen LogP contribution in [0, 0.1) is 0 Å².